The van der Waals surface area contributed by atoms with Crippen LogP contribution in [0, 0.1) is 0 Å². The molecule has 0 spiro atoms. The van der Waals surface area contributed by atoms with Crippen LogP contribution in [0.4, 0.5) is 0 Å². The Labute approximate surface area is 252 Å². The molecule has 6 atom stereocenters. The van der Waals surface area contributed by atoms with Crippen LogP contribution >= 0.6 is 47.3 Å². The molecule has 6 unspecified atom stereocenters. The molecule has 4 aliphatic rings. The standard InChI is InChI=1S/C9H20N2P2S2.2C7H14O2P2.CH4.H2O/c1-10-12-6-4-3-5-7-13(9-8-12)11(2)15(10)14;2*8-10-4-2-1-3-5-11(9)7-6-10;;/h3-9H2,1-2H3;2*1-7H2;1H4;1H2/q;2*+2;;. The maximum atomic E-state index is 11.2. The molecule has 4 aliphatic heterocycles. The van der Waals surface area contributed by atoms with Crippen LogP contribution < -0.4 is 0 Å². The van der Waals surface area contributed by atoms with Crippen LogP contribution in [-0.4, -0.2) is 102 Å². The van der Waals surface area contributed by atoms with Gasteiger partial charge in [-0.15, -0.1) is 0 Å². The number of hydrogen-bond acceptors (Lipinski definition) is 5. The monoisotopic (exact) mass is 700 g/mol. The van der Waals surface area contributed by atoms with Gasteiger partial charge in [-0.05, 0) is 103 Å². The van der Waals surface area contributed by atoms with Crippen molar-refractivity contribution in [1.82, 2.24) is 8.15 Å². The largest absolute Gasteiger partial charge is 0.412 e. The molecule has 4 fully saturated rings. The summed E-state index contributed by atoms with van der Waals surface area (Å²) in [5.74, 6) is 0. The van der Waals surface area contributed by atoms with Crippen molar-refractivity contribution in [1.29, 1.82) is 0 Å². The molecule has 0 aliphatic carbocycles. The minimum absolute atomic E-state index is 0. The Balaban J connectivity index is 0.000000552. The fraction of sp³-hybridized carbons (Fsp3) is 1.00. The van der Waals surface area contributed by atoms with Gasteiger partial charge in [-0.1, -0.05) is 32.1 Å². The molecular formula is C24H54N2O5P6S2+4. The van der Waals surface area contributed by atoms with Crippen molar-refractivity contribution < 1.29 is 23.7 Å². The molecule has 0 aromatic heterocycles. The van der Waals surface area contributed by atoms with Gasteiger partial charge in [0.2, 0.25) is 0 Å². The predicted molar refractivity (Wildman–Crippen MR) is 185 cm³/mol. The molecule has 0 amide bonds. The van der Waals surface area contributed by atoms with Crippen molar-refractivity contribution in [3.8, 4) is 0 Å². The molecule has 7 nitrogen and oxygen atoms in total. The molecule has 0 radical (unpaired) electrons. The lowest BCUT2D eigenvalue weighted by molar-refractivity contribution is 0.583. The van der Waals surface area contributed by atoms with Crippen LogP contribution in [-0.2, 0) is 39.3 Å². The highest BCUT2D eigenvalue weighted by atomic mass is 32.8. The normalized spacial score (nSPS) is 31.8. The maximum Gasteiger partial charge on any atom is 0.343 e. The Morgan fingerprint density at radius 1 is 0.513 bits per heavy atom. The van der Waals surface area contributed by atoms with E-state index in [1.807, 2.05) is 0 Å². The third kappa shape index (κ3) is 17.6. The lowest BCUT2D eigenvalue weighted by atomic mass is 10.3. The average molecular weight is 701 g/mol. The molecule has 0 aromatic carbocycles. The van der Waals surface area contributed by atoms with Gasteiger partial charge in [0.25, 0.3) is 0 Å². The molecule has 0 saturated carbocycles. The summed E-state index contributed by atoms with van der Waals surface area (Å²) in [7, 11) is 0.653. The van der Waals surface area contributed by atoms with E-state index in [2.05, 4.69) is 22.2 Å². The fourth-order valence-electron chi connectivity index (χ4n) is 4.55. The first-order valence-corrected chi connectivity index (χ1v) is 25.8. The first-order valence-electron chi connectivity index (χ1n) is 13.9. The molecule has 4 heterocycles. The van der Waals surface area contributed by atoms with E-state index < -0.39 is 31.2 Å². The van der Waals surface area contributed by atoms with Crippen LogP contribution in [0.3, 0.4) is 0 Å². The summed E-state index contributed by atoms with van der Waals surface area (Å²) in [6, 6.07) is 0. The summed E-state index contributed by atoms with van der Waals surface area (Å²) in [5, 5.41) is 0. The van der Waals surface area contributed by atoms with Crippen molar-refractivity contribution in [2.75, 3.05) is 88.0 Å². The molecule has 4 saturated heterocycles. The highest BCUT2D eigenvalue weighted by Crippen LogP contribution is 2.54. The van der Waals surface area contributed by atoms with Crippen molar-refractivity contribution in [2.45, 2.75) is 65.2 Å². The summed E-state index contributed by atoms with van der Waals surface area (Å²) in [4.78, 5) is 0. The number of fused-ring (bicyclic) bond motifs is 3. The first-order chi connectivity index (χ1) is 17.8. The quantitative estimate of drug-likeness (QED) is 0.235. The molecule has 2 N–H and O–H groups in total. The van der Waals surface area contributed by atoms with Crippen molar-refractivity contribution in [3.05, 3.63) is 0 Å². The Morgan fingerprint density at radius 3 is 1.10 bits per heavy atom. The Morgan fingerprint density at radius 2 is 0.795 bits per heavy atom. The second-order valence-corrected chi connectivity index (χ2v) is 25.4. The minimum Gasteiger partial charge on any atom is -0.412 e. The number of hydrogen-bond donors (Lipinski definition) is 0. The minimum atomic E-state index is -1.01. The van der Waals surface area contributed by atoms with Gasteiger partial charge in [0.05, 0.1) is 0 Å². The summed E-state index contributed by atoms with van der Waals surface area (Å²) >= 11 is 5.69. The van der Waals surface area contributed by atoms with Gasteiger partial charge in [0.1, 0.15) is 24.6 Å². The first kappa shape index (κ1) is 40.7. The second kappa shape index (κ2) is 24.1. The van der Waals surface area contributed by atoms with Crippen LogP contribution in [0.15, 0.2) is 0 Å². The summed E-state index contributed by atoms with van der Waals surface area (Å²) in [6.07, 6.45) is 22.8. The van der Waals surface area contributed by atoms with E-state index in [1.165, 1.54) is 43.9 Å². The molecular weight excluding hydrogens is 646 g/mol. The van der Waals surface area contributed by atoms with Gasteiger partial charge in [0, 0.05) is 23.9 Å². The third-order valence-corrected chi connectivity index (χ3v) is 24.2. The topological polar surface area (TPSA) is 106 Å². The highest BCUT2D eigenvalue weighted by Gasteiger charge is 2.30. The van der Waals surface area contributed by atoms with E-state index in [0.29, 0.717) is 24.6 Å². The second-order valence-electron chi connectivity index (χ2n) is 9.96. The maximum absolute atomic E-state index is 11.2. The van der Waals surface area contributed by atoms with E-state index in [0.717, 1.165) is 63.2 Å². The van der Waals surface area contributed by atoms with E-state index in [4.69, 9.17) is 11.2 Å². The molecule has 15 heteroatoms. The van der Waals surface area contributed by atoms with Crippen LogP contribution in [0.1, 0.15) is 65.2 Å². The zero-order valence-electron chi connectivity index (χ0n) is 23.4. The number of rotatable bonds is 0. The lowest BCUT2D eigenvalue weighted by Gasteiger charge is -2.32. The summed E-state index contributed by atoms with van der Waals surface area (Å²) < 4.78 is 49.7. The van der Waals surface area contributed by atoms with Crippen molar-refractivity contribution in [2.24, 2.45) is 0 Å². The van der Waals surface area contributed by atoms with Gasteiger partial charge >= 0.3 is 31.2 Å². The van der Waals surface area contributed by atoms with Gasteiger partial charge < -0.3 is 5.48 Å². The molecule has 2 bridgehead atoms. The van der Waals surface area contributed by atoms with E-state index in [1.54, 1.807) is 0 Å². The third-order valence-electron chi connectivity index (χ3n) is 7.03. The van der Waals surface area contributed by atoms with Gasteiger partial charge in [-0.2, -0.15) is 0 Å². The summed E-state index contributed by atoms with van der Waals surface area (Å²) in [6.45, 7) is 0. The average Bonchev–Trinajstić information content (AvgIpc) is 3.06. The Bertz CT molecular complexity index is 702. The zero-order valence-corrected chi connectivity index (χ0v) is 30.4. The molecule has 4 rings (SSSR count). The van der Waals surface area contributed by atoms with Crippen LogP contribution in [0.25, 0.3) is 0 Å². The van der Waals surface area contributed by atoms with Gasteiger partial charge in [-0.3, -0.25) is 0 Å². The molecule has 228 valence electrons. The smallest absolute Gasteiger partial charge is 0.343 e. The van der Waals surface area contributed by atoms with Crippen molar-refractivity contribution >= 4 is 68.4 Å². The van der Waals surface area contributed by atoms with E-state index in [9.17, 15) is 18.3 Å². The van der Waals surface area contributed by atoms with Crippen LogP contribution in [0.2, 0.25) is 0 Å². The molecule has 0 aromatic rings. The van der Waals surface area contributed by atoms with Crippen LogP contribution in [0.5, 0.6) is 0 Å². The van der Waals surface area contributed by atoms with Gasteiger partial charge in [0.15, 0.2) is 24.6 Å². The Hall–Kier alpha value is 1.71. The predicted octanol–water partition coefficient (Wildman–Crippen LogP) is 8.21. The van der Waals surface area contributed by atoms with E-state index in [-0.39, 0.29) is 38.9 Å². The van der Waals surface area contributed by atoms with Gasteiger partial charge in [-0.25, -0.2) is 8.15 Å². The highest BCUT2D eigenvalue weighted by molar-refractivity contribution is 8.29. The lowest BCUT2D eigenvalue weighted by Crippen LogP contribution is -2.26. The molecule has 39 heavy (non-hydrogen) atoms. The zero-order chi connectivity index (χ0) is 27.0. The number of nitrogens with zero attached hydrogens (tertiary/aromatic N) is 2. The summed E-state index contributed by atoms with van der Waals surface area (Å²) in [5.41, 5.74) is 0. The SMILES string of the molecule is C.CN1P2CCCCCP(CC2)N(C)S1=S.O.O=[P+]1CCCCC[P+](=O)CC1.O=[P+]1CCCCC[P+](=O)CC1. The fourth-order valence-corrected chi connectivity index (χ4v) is 21.3. The van der Waals surface area contributed by atoms with Crippen molar-refractivity contribution in [3.63, 3.8) is 0 Å². The van der Waals surface area contributed by atoms with E-state index >= 15 is 0 Å². The Kier molecular flexibility index (Phi) is 25.1.